The third-order valence-corrected chi connectivity index (χ3v) is 12.8. The van der Waals surface area contributed by atoms with Crippen molar-refractivity contribution in [1.29, 1.82) is 0 Å². The SMILES string of the molecule is CC1(C)c2ccccc2-c2cc(N(c3ccc(-c4ccc5c(c4)c4ccccc4n5-c4ccccc4)cc3)c3ccc4c(c3)C(C)(C)c3ccccc3-4)ccc21. The van der Waals surface area contributed by atoms with E-state index in [1.165, 1.54) is 83.1 Å². The highest BCUT2D eigenvalue weighted by Gasteiger charge is 2.37. The van der Waals surface area contributed by atoms with E-state index in [0.29, 0.717) is 0 Å². The van der Waals surface area contributed by atoms with Crippen molar-refractivity contribution in [3.05, 3.63) is 204 Å². The van der Waals surface area contributed by atoms with E-state index in [1.54, 1.807) is 0 Å². The van der Waals surface area contributed by atoms with Crippen LogP contribution in [0.2, 0.25) is 0 Å². The van der Waals surface area contributed by atoms with Gasteiger partial charge in [0.1, 0.15) is 0 Å². The second-order valence-corrected chi connectivity index (χ2v) is 16.6. The summed E-state index contributed by atoms with van der Waals surface area (Å²) in [4.78, 5) is 2.45. The van der Waals surface area contributed by atoms with Gasteiger partial charge in [0.25, 0.3) is 0 Å². The molecule has 0 atom stereocenters. The first kappa shape index (κ1) is 32.8. The molecule has 56 heavy (non-hydrogen) atoms. The smallest absolute Gasteiger partial charge is 0.0541 e. The van der Waals surface area contributed by atoms with Crippen LogP contribution >= 0.6 is 0 Å². The van der Waals surface area contributed by atoms with Gasteiger partial charge in [0.15, 0.2) is 0 Å². The van der Waals surface area contributed by atoms with Crippen LogP contribution in [0.15, 0.2) is 182 Å². The van der Waals surface area contributed by atoms with E-state index in [0.717, 1.165) is 17.1 Å². The van der Waals surface area contributed by atoms with Crippen LogP contribution in [-0.4, -0.2) is 4.57 Å². The summed E-state index contributed by atoms with van der Waals surface area (Å²) in [6.45, 7) is 9.43. The molecule has 1 aromatic heterocycles. The molecular formula is C54H42N2. The molecule has 8 aromatic carbocycles. The Morgan fingerprint density at radius 1 is 0.357 bits per heavy atom. The highest BCUT2D eigenvalue weighted by Crippen LogP contribution is 2.53. The molecule has 0 amide bonds. The van der Waals surface area contributed by atoms with Crippen molar-refractivity contribution in [3.8, 4) is 39.1 Å². The van der Waals surface area contributed by atoms with Crippen LogP contribution in [-0.2, 0) is 10.8 Å². The van der Waals surface area contributed by atoms with Gasteiger partial charge in [0.2, 0.25) is 0 Å². The Morgan fingerprint density at radius 3 is 1.66 bits per heavy atom. The molecule has 9 aromatic rings. The zero-order chi connectivity index (χ0) is 37.8. The number of para-hydroxylation sites is 2. The Labute approximate surface area is 328 Å². The largest absolute Gasteiger partial charge is 0.310 e. The zero-order valence-electron chi connectivity index (χ0n) is 32.2. The van der Waals surface area contributed by atoms with Crippen molar-refractivity contribution >= 4 is 38.9 Å². The Morgan fingerprint density at radius 2 is 0.893 bits per heavy atom. The van der Waals surface area contributed by atoms with Crippen molar-refractivity contribution in [2.45, 2.75) is 38.5 Å². The molecule has 0 spiro atoms. The first-order valence-corrected chi connectivity index (χ1v) is 19.8. The average molecular weight is 719 g/mol. The van der Waals surface area contributed by atoms with Gasteiger partial charge >= 0.3 is 0 Å². The standard InChI is InChI=1S/C54H42N2/c1-53(2)48-20-12-9-17-42(48)45-33-39(28-30-49(45)53)55(40-27-29-43-41-16-8-11-19-47(41)54(3,4)50(43)34-40)38-25-22-35(23-26-38)36-24-31-52-46(32-36)44-18-10-13-21-51(44)56(52)37-14-6-5-7-15-37/h5-34H,1-4H3. The number of nitrogens with zero attached hydrogens (tertiary/aromatic N) is 2. The van der Waals surface area contributed by atoms with Crippen molar-refractivity contribution in [2.75, 3.05) is 4.90 Å². The summed E-state index contributed by atoms with van der Waals surface area (Å²) in [5.74, 6) is 0. The van der Waals surface area contributed by atoms with Crippen LogP contribution in [0.1, 0.15) is 49.9 Å². The fraction of sp³-hybridized carbons (Fsp3) is 0.111. The van der Waals surface area contributed by atoms with Gasteiger partial charge in [0, 0.05) is 44.4 Å². The van der Waals surface area contributed by atoms with E-state index < -0.39 is 0 Å². The number of hydrogen-bond acceptors (Lipinski definition) is 1. The molecule has 0 unspecified atom stereocenters. The summed E-state index contributed by atoms with van der Waals surface area (Å²) in [6.07, 6.45) is 0. The maximum absolute atomic E-state index is 2.45. The van der Waals surface area contributed by atoms with Gasteiger partial charge in [0.05, 0.1) is 11.0 Å². The number of hydrogen-bond donors (Lipinski definition) is 0. The maximum atomic E-state index is 2.45. The minimum atomic E-state index is -0.0966. The predicted octanol–water partition coefficient (Wildman–Crippen LogP) is 14.5. The van der Waals surface area contributed by atoms with Gasteiger partial charge in [-0.2, -0.15) is 0 Å². The van der Waals surface area contributed by atoms with Gasteiger partial charge in [-0.15, -0.1) is 0 Å². The molecule has 0 saturated heterocycles. The summed E-state index contributed by atoms with van der Waals surface area (Å²) in [5, 5.41) is 2.52. The van der Waals surface area contributed by atoms with Crippen LogP contribution in [0, 0.1) is 0 Å². The minimum Gasteiger partial charge on any atom is -0.310 e. The van der Waals surface area contributed by atoms with Gasteiger partial charge in [-0.1, -0.05) is 143 Å². The van der Waals surface area contributed by atoms with Crippen LogP contribution in [0.4, 0.5) is 17.1 Å². The molecule has 0 fully saturated rings. The topological polar surface area (TPSA) is 8.17 Å². The van der Waals surface area contributed by atoms with Gasteiger partial charge in [-0.05, 0) is 122 Å². The van der Waals surface area contributed by atoms with Crippen LogP contribution < -0.4 is 4.90 Å². The highest BCUT2D eigenvalue weighted by atomic mass is 15.1. The van der Waals surface area contributed by atoms with Crippen molar-refractivity contribution in [1.82, 2.24) is 4.57 Å². The molecule has 0 aliphatic heterocycles. The second kappa shape index (κ2) is 11.9. The average Bonchev–Trinajstić information content (AvgIpc) is 3.78. The van der Waals surface area contributed by atoms with E-state index in [1.807, 2.05) is 0 Å². The quantitative estimate of drug-likeness (QED) is 0.172. The third-order valence-electron chi connectivity index (χ3n) is 12.8. The molecule has 2 nitrogen and oxygen atoms in total. The Hall–Kier alpha value is -6.64. The van der Waals surface area contributed by atoms with Crippen molar-refractivity contribution in [3.63, 3.8) is 0 Å². The molecule has 0 saturated carbocycles. The molecular weight excluding hydrogens is 677 g/mol. The molecule has 1 heterocycles. The lowest BCUT2D eigenvalue weighted by atomic mass is 9.82. The molecule has 0 N–H and O–H groups in total. The van der Waals surface area contributed by atoms with Gasteiger partial charge < -0.3 is 9.47 Å². The monoisotopic (exact) mass is 718 g/mol. The zero-order valence-corrected chi connectivity index (χ0v) is 32.2. The normalized spacial score (nSPS) is 14.4. The Bertz CT molecular complexity index is 3020. The summed E-state index contributed by atoms with van der Waals surface area (Å²) >= 11 is 0. The number of benzene rings is 8. The van der Waals surface area contributed by atoms with Crippen LogP contribution in [0.25, 0.3) is 60.9 Å². The molecule has 2 aliphatic carbocycles. The molecule has 268 valence electrons. The highest BCUT2D eigenvalue weighted by molar-refractivity contribution is 6.10. The number of rotatable bonds is 5. The maximum Gasteiger partial charge on any atom is 0.0541 e. The first-order chi connectivity index (χ1) is 27.3. The Balaban J connectivity index is 1.05. The first-order valence-electron chi connectivity index (χ1n) is 19.8. The predicted molar refractivity (Wildman–Crippen MR) is 236 cm³/mol. The van der Waals surface area contributed by atoms with E-state index >= 15 is 0 Å². The van der Waals surface area contributed by atoms with E-state index in [9.17, 15) is 0 Å². The summed E-state index contributed by atoms with van der Waals surface area (Å²) < 4.78 is 2.38. The molecule has 0 bridgehead atoms. The van der Waals surface area contributed by atoms with Crippen molar-refractivity contribution in [2.24, 2.45) is 0 Å². The summed E-state index contributed by atoms with van der Waals surface area (Å²) in [5.41, 5.74) is 20.2. The lowest BCUT2D eigenvalue weighted by Crippen LogP contribution is -2.17. The fourth-order valence-corrected chi connectivity index (χ4v) is 9.94. The Kier molecular flexibility index (Phi) is 6.98. The molecule has 2 heteroatoms. The van der Waals surface area contributed by atoms with Crippen LogP contribution in [0.5, 0.6) is 0 Å². The van der Waals surface area contributed by atoms with Gasteiger partial charge in [-0.3, -0.25) is 0 Å². The lowest BCUT2D eigenvalue weighted by Gasteiger charge is -2.29. The molecule has 11 rings (SSSR count). The van der Waals surface area contributed by atoms with E-state index in [-0.39, 0.29) is 10.8 Å². The number of aromatic nitrogens is 1. The van der Waals surface area contributed by atoms with Gasteiger partial charge in [-0.25, -0.2) is 0 Å². The summed E-state index contributed by atoms with van der Waals surface area (Å²) in [6, 6.07) is 67.5. The minimum absolute atomic E-state index is 0.0468. The van der Waals surface area contributed by atoms with E-state index in [4.69, 9.17) is 0 Å². The van der Waals surface area contributed by atoms with Crippen LogP contribution in [0.3, 0.4) is 0 Å². The molecule has 0 radical (unpaired) electrons. The number of anilines is 3. The van der Waals surface area contributed by atoms with Crippen molar-refractivity contribution < 1.29 is 0 Å². The fourth-order valence-electron chi connectivity index (χ4n) is 9.94. The second-order valence-electron chi connectivity index (χ2n) is 16.6. The lowest BCUT2D eigenvalue weighted by molar-refractivity contribution is 0.660. The third kappa shape index (κ3) is 4.69. The number of fused-ring (bicyclic) bond motifs is 9. The molecule has 2 aliphatic rings. The van der Waals surface area contributed by atoms with E-state index in [2.05, 4.69) is 219 Å². The summed E-state index contributed by atoms with van der Waals surface area (Å²) in [7, 11) is 0.